The second-order valence-electron chi connectivity index (χ2n) is 5.45. The van der Waals surface area contributed by atoms with E-state index in [1.807, 2.05) is 36.4 Å². The van der Waals surface area contributed by atoms with Gasteiger partial charge in [0.05, 0.1) is 0 Å². The van der Waals surface area contributed by atoms with Crippen molar-refractivity contribution in [2.45, 2.75) is 6.54 Å². The first-order valence-electron chi connectivity index (χ1n) is 7.04. The standard InChI is InChI=1S/C17H17ClN4.ClH/c1-22(2)11-12-4-3-5-14(10-12)17-19-16(20-21-17)13-6-8-15(18)9-7-13;/h3-10H,11H2,1-2H3,(H,19,20,21);1H. The average Bonchev–Trinajstić information content (AvgIpc) is 2.97. The summed E-state index contributed by atoms with van der Waals surface area (Å²) in [7, 11) is 4.11. The third-order valence-electron chi connectivity index (χ3n) is 3.29. The van der Waals surface area contributed by atoms with E-state index in [4.69, 9.17) is 11.6 Å². The minimum atomic E-state index is 0. The summed E-state index contributed by atoms with van der Waals surface area (Å²) >= 11 is 5.91. The molecule has 0 bridgehead atoms. The quantitative estimate of drug-likeness (QED) is 0.765. The van der Waals surface area contributed by atoms with E-state index in [2.05, 4.69) is 46.3 Å². The molecule has 0 unspecified atom stereocenters. The molecule has 0 aliphatic carbocycles. The molecule has 3 rings (SSSR count). The van der Waals surface area contributed by atoms with Crippen molar-refractivity contribution in [3.8, 4) is 22.8 Å². The second kappa shape index (κ2) is 7.59. The Labute approximate surface area is 146 Å². The number of rotatable bonds is 4. The van der Waals surface area contributed by atoms with Gasteiger partial charge in [-0.2, -0.15) is 5.10 Å². The lowest BCUT2D eigenvalue weighted by Crippen LogP contribution is -2.10. The lowest BCUT2D eigenvalue weighted by atomic mass is 10.1. The van der Waals surface area contributed by atoms with Crippen LogP contribution >= 0.6 is 24.0 Å². The Morgan fingerprint density at radius 2 is 1.78 bits per heavy atom. The summed E-state index contributed by atoms with van der Waals surface area (Å²) in [5.41, 5.74) is 3.21. The highest BCUT2D eigenvalue weighted by atomic mass is 35.5. The van der Waals surface area contributed by atoms with Crippen LogP contribution < -0.4 is 0 Å². The zero-order valence-electron chi connectivity index (χ0n) is 13.0. The third-order valence-corrected chi connectivity index (χ3v) is 3.54. The zero-order chi connectivity index (χ0) is 15.5. The van der Waals surface area contributed by atoms with Crippen molar-refractivity contribution < 1.29 is 0 Å². The number of aromatic amines is 1. The van der Waals surface area contributed by atoms with Crippen molar-refractivity contribution in [1.29, 1.82) is 0 Å². The SMILES string of the molecule is CN(C)Cc1cccc(-c2n[nH]c(-c3ccc(Cl)cc3)n2)c1.Cl. The maximum absolute atomic E-state index is 5.91. The molecule has 2 aromatic carbocycles. The number of hydrogen-bond acceptors (Lipinski definition) is 3. The molecule has 0 saturated carbocycles. The average molecular weight is 349 g/mol. The minimum absolute atomic E-state index is 0. The minimum Gasteiger partial charge on any atom is -0.305 e. The predicted octanol–water partition coefficient (Wildman–Crippen LogP) is 4.28. The van der Waals surface area contributed by atoms with Crippen LogP contribution in [0.25, 0.3) is 22.8 Å². The first-order valence-corrected chi connectivity index (χ1v) is 7.42. The Morgan fingerprint density at radius 1 is 1.04 bits per heavy atom. The smallest absolute Gasteiger partial charge is 0.181 e. The lowest BCUT2D eigenvalue weighted by Gasteiger charge is -2.09. The van der Waals surface area contributed by atoms with Crippen molar-refractivity contribution in [1.82, 2.24) is 20.1 Å². The van der Waals surface area contributed by atoms with E-state index < -0.39 is 0 Å². The number of nitrogens with one attached hydrogen (secondary N) is 1. The van der Waals surface area contributed by atoms with Crippen molar-refractivity contribution >= 4 is 24.0 Å². The molecule has 0 fully saturated rings. The summed E-state index contributed by atoms with van der Waals surface area (Å²) in [6, 6.07) is 15.8. The maximum Gasteiger partial charge on any atom is 0.181 e. The van der Waals surface area contributed by atoms with Gasteiger partial charge in [0.2, 0.25) is 0 Å². The fraction of sp³-hybridized carbons (Fsp3) is 0.176. The molecule has 1 aromatic heterocycles. The van der Waals surface area contributed by atoms with Crippen LogP contribution in [0, 0.1) is 0 Å². The molecule has 0 aliphatic rings. The lowest BCUT2D eigenvalue weighted by molar-refractivity contribution is 0.402. The molecule has 3 aromatic rings. The van der Waals surface area contributed by atoms with Gasteiger partial charge in [-0.1, -0.05) is 29.8 Å². The Morgan fingerprint density at radius 3 is 2.48 bits per heavy atom. The van der Waals surface area contributed by atoms with Gasteiger partial charge >= 0.3 is 0 Å². The first-order chi connectivity index (χ1) is 10.6. The molecule has 0 atom stereocenters. The van der Waals surface area contributed by atoms with Gasteiger partial charge in [0, 0.05) is 22.7 Å². The molecule has 120 valence electrons. The molecule has 0 aliphatic heterocycles. The van der Waals surface area contributed by atoms with E-state index in [0.29, 0.717) is 10.8 Å². The molecule has 0 saturated heterocycles. The Kier molecular flexibility index (Phi) is 5.77. The molecule has 0 amide bonds. The number of halogens is 2. The van der Waals surface area contributed by atoms with Crippen molar-refractivity contribution in [2.75, 3.05) is 14.1 Å². The van der Waals surface area contributed by atoms with Gasteiger partial charge in [-0.15, -0.1) is 12.4 Å². The molecule has 1 heterocycles. The van der Waals surface area contributed by atoms with Crippen LogP contribution in [-0.2, 0) is 6.54 Å². The van der Waals surface area contributed by atoms with Crippen molar-refractivity contribution in [3.63, 3.8) is 0 Å². The highest BCUT2D eigenvalue weighted by Crippen LogP contribution is 2.22. The molecule has 1 N–H and O–H groups in total. The molecular weight excluding hydrogens is 331 g/mol. The first kappa shape index (κ1) is 17.5. The molecule has 6 heteroatoms. The summed E-state index contributed by atoms with van der Waals surface area (Å²) in [6.45, 7) is 0.891. The predicted molar refractivity (Wildman–Crippen MR) is 96.9 cm³/mol. The fourth-order valence-corrected chi connectivity index (χ4v) is 2.43. The normalized spacial score (nSPS) is 10.6. The van der Waals surface area contributed by atoms with Gasteiger partial charge in [0.1, 0.15) is 0 Å². The van der Waals surface area contributed by atoms with Crippen LogP contribution in [0.2, 0.25) is 5.02 Å². The van der Waals surface area contributed by atoms with E-state index in [0.717, 1.165) is 23.5 Å². The number of aromatic nitrogens is 3. The summed E-state index contributed by atoms with van der Waals surface area (Å²) < 4.78 is 0. The van der Waals surface area contributed by atoms with E-state index in [-0.39, 0.29) is 12.4 Å². The molecule has 23 heavy (non-hydrogen) atoms. The van der Waals surface area contributed by atoms with Crippen LogP contribution in [0.4, 0.5) is 0 Å². The van der Waals surface area contributed by atoms with Crippen molar-refractivity contribution in [3.05, 3.63) is 59.1 Å². The molecule has 4 nitrogen and oxygen atoms in total. The van der Waals surface area contributed by atoms with Crippen LogP contribution in [0.3, 0.4) is 0 Å². The number of H-pyrrole nitrogens is 1. The summed E-state index contributed by atoms with van der Waals surface area (Å²) in [5, 5.41) is 8.02. The van der Waals surface area contributed by atoms with Gasteiger partial charge in [0.25, 0.3) is 0 Å². The Bertz CT molecular complexity index is 766. The van der Waals surface area contributed by atoms with E-state index in [1.54, 1.807) is 0 Å². The van der Waals surface area contributed by atoms with Gasteiger partial charge in [-0.3, -0.25) is 5.10 Å². The van der Waals surface area contributed by atoms with Crippen LogP contribution in [-0.4, -0.2) is 34.2 Å². The van der Waals surface area contributed by atoms with Gasteiger partial charge in [0.15, 0.2) is 11.6 Å². The van der Waals surface area contributed by atoms with Gasteiger partial charge in [-0.05, 0) is 50.0 Å². The highest BCUT2D eigenvalue weighted by molar-refractivity contribution is 6.30. The second-order valence-corrected chi connectivity index (χ2v) is 5.89. The highest BCUT2D eigenvalue weighted by Gasteiger charge is 2.08. The Hall–Kier alpha value is -1.88. The van der Waals surface area contributed by atoms with E-state index in [1.165, 1.54) is 5.56 Å². The summed E-state index contributed by atoms with van der Waals surface area (Å²) in [5.74, 6) is 1.44. The fourth-order valence-electron chi connectivity index (χ4n) is 2.30. The summed E-state index contributed by atoms with van der Waals surface area (Å²) in [6.07, 6.45) is 0. The van der Waals surface area contributed by atoms with Gasteiger partial charge < -0.3 is 4.90 Å². The molecule has 0 radical (unpaired) electrons. The van der Waals surface area contributed by atoms with Crippen molar-refractivity contribution in [2.24, 2.45) is 0 Å². The largest absolute Gasteiger partial charge is 0.305 e. The maximum atomic E-state index is 5.91. The number of nitrogens with zero attached hydrogens (tertiary/aromatic N) is 3. The van der Waals surface area contributed by atoms with E-state index >= 15 is 0 Å². The van der Waals surface area contributed by atoms with E-state index in [9.17, 15) is 0 Å². The number of benzene rings is 2. The molecular formula is C17H18Cl2N4. The van der Waals surface area contributed by atoms with Crippen LogP contribution in [0.1, 0.15) is 5.56 Å². The Balaban J connectivity index is 0.00000192. The number of hydrogen-bond donors (Lipinski definition) is 1. The monoisotopic (exact) mass is 348 g/mol. The topological polar surface area (TPSA) is 44.8 Å². The summed E-state index contributed by atoms with van der Waals surface area (Å²) in [4.78, 5) is 6.71. The van der Waals surface area contributed by atoms with Gasteiger partial charge in [-0.25, -0.2) is 4.98 Å². The molecule has 0 spiro atoms. The third kappa shape index (κ3) is 4.32. The zero-order valence-corrected chi connectivity index (χ0v) is 14.5. The van der Waals surface area contributed by atoms with Crippen LogP contribution in [0.5, 0.6) is 0 Å². The van der Waals surface area contributed by atoms with Crippen LogP contribution in [0.15, 0.2) is 48.5 Å².